The molecule has 1 saturated heterocycles. The number of hydrogen-bond acceptors (Lipinski definition) is 4. The molecule has 16 heavy (non-hydrogen) atoms. The lowest BCUT2D eigenvalue weighted by molar-refractivity contribution is 0.226. The number of rotatable bonds is 3. The fourth-order valence-corrected chi connectivity index (χ4v) is 2.23. The highest BCUT2D eigenvalue weighted by atomic mass is 35.5. The smallest absolute Gasteiger partial charge is 0.149 e. The van der Waals surface area contributed by atoms with Gasteiger partial charge in [-0.3, -0.25) is 4.98 Å². The van der Waals surface area contributed by atoms with Gasteiger partial charge in [-0.05, 0) is 25.9 Å². The molecule has 88 valence electrons. The lowest BCUT2D eigenvalue weighted by Crippen LogP contribution is -2.41. The average molecular weight is 241 g/mol. The third-order valence-electron chi connectivity index (χ3n) is 2.91. The Morgan fingerprint density at radius 3 is 3.19 bits per heavy atom. The second-order valence-corrected chi connectivity index (χ2v) is 4.49. The molecule has 2 heterocycles. The van der Waals surface area contributed by atoms with Crippen LogP contribution in [-0.4, -0.2) is 40.5 Å². The topological polar surface area (TPSA) is 41.0 Å². The molecule has 1 atom stereocenters. The third kappa shape index (κ3) is 3.06. The highest BCUT2D eigenvalue weighted by Crippen LogP contribution is 2.15. The monoisotopic (exact) mass is 240 g/mol. The van der Waals surface area contributed by atoms with E-state index in [0.29, 0.717) is 11.2 Å². The Balaban J connectivity index is 1.94. The summed E-state index contributed by atoms with van der Waals surface area (Å²) in [6.45, 7) is 5.58. The Hall–Kier alpha value is -0.870. The Morgan fingerprint density at radius 2 is 2.44 bits per heavy atom. The fraction of sp³-hybridized carbons (Fsp3) is 0.636. The van der Waals surface area contributed by atoms with Crippen molar-refractivity contribution in [2.24, 2.45) is 0 Å². The standard InChI is InChI=1S/C11H17ClN4/c1-2-16-5-3-4-9(8-16)14-11-7-13-6-10(12)15-11/h6-7,9H,2-5,8H2,1H3,(H,14,15). The van der Waals surface area contributed by atoms with E-state index in [9.17, 15) is 0 Å². The van der Waals surface area contributed by atoms with Crippen molar-refractivity contribution in [3.05, 3.63) is 17.5 Å². The van der Waals surface area contributed by atoms with Gasteiger partial charge in [-0.15, -0.1) is 0 Å². The van der Waals surface area contributed by atoms with Crippen LogP contribution in [0.3, 0.4) is 0 Å². The van der Waals surface area contributed by atoms with E-state index in [4.69, 9.17) is 11.6 Å². The maximum atomic E-state index is 5.79. The number of likely N-dealkylation sites (N-methyl/N-ethyl adjacent to an activating group) is 1. The molecule has 1 unspecified atom stereocenters. The second-order valence-electron chi connectivity index (χ2n) is 4.10. The summed E-state index contributed by atoms with van der Waals surface area (Å²) >= 11 is 5.79. The summed E-state index contributed by atoms with van der Waals surface area (Å²) < 4.78 is 0. The van der Waals surface area contributed by atoms with Crippen molar-refractivity contribution in [3.8, 4) is 0 Å². The number of aromatic nitrogens is 2. The molecule has 2 rings (SSSR count). The van der Waals surface area contributed by atoms with Crippen LogP contribution in [0.5, 0.6) is 0 Å². The Labute approximate surface area is 101 Å². The van der Waals surface area contributed by atoms with Gasteiger partial charge < -0.3 is 10.2 Å². The first-order valence-electron chi connectivity index (χ1n) is 5.74. The van der Waals surface area contributed by atoms with E-state index >= 15 is 0 Å². The molecule has 1 aliphatic heterocycles. The van der Waals surface area contributed by atoms with Gasteiger partial charge in [0.05, 0.1) is 12.4 Å². The lowest BCUT2D eigenvalue weighted by Gasteiger charge is -2.32. The van der Waals surface area contributed by atoms with Gasteiger partial charge in [-0.25, -0.2) is 4.98 Å². The molecule has 1 aromatic rings. The number of piperidine rings is 1. The largest absolute Gasteiger partial charge is 0.365 e. The van der Waals surface area contributed by atoms with Gasteiger partial charge in [0.15, 0.2) is 0 Å². The summed E-state index contributed by atoms with van der Waals surface area (Å²) in [5.74, 6) is 0.774. The number of hydrogen-bond donors (Lipinski definition) is 1. The van der Waals surface area contributed by atoms with Gasteiger partial charge in [0.25, 0.3) is 0 Å². The van der Waals surface area contributed by atoms with Crippen LogP contribution >= 0.6 is 11.6 Å². The van der Waals surface area contributed by atoms with E-state index in [2.05, 4.69) is 27.1 Å². The van der Waals surface area contributed by atoms with Crippen molar-refractivity contribution in [1.82, 2.24) is 14.9 Å². The van der Waals surface area contributed by atoms with Gasteiger partial charge in [0.1, 0.15) is 11.0 Å². The molecule has 0 aliphatic carbocycles. The van der Waals surface area contributed by atoms with Gasteiger partial charge in [-0.1, -0.05) is 18.5 Å². The van der Waals surface area contributed by atoms with Gasteiger partial charge in [0.2, 0.25) is 0 Å². The summed E-state index contributed by atoms with van der Waals surface area (Å²) in [6, 6.07) is 0.460. The van der Waals surface area contributed by atoms with Crippen LogP contribution in [-0.2, 0) is 0 Å². The van der Waals surface area contributed by atoms with Crippen LogP contribution in [0.4, 0.5) is 5.82 Å². The number of halogens is 1. The SMILES string of the molecule is CCN1CCCC(Nc2cncc(Cl)n2)C1. The zero-order valence-electron chi connectivity index (χ0n) is 9.49. The van der Waals surface area contributed by atoms with Crippen molar-refractivity contribution in [2.75, 3.05) is 25.0 Å². The molecule has 1 fully saturated rings. The van der Waals surface area contributed by atoms with E-state index in [0.717, 1.165) is 18.9 Å². The summed E-state index contributed by atoms with van der Waals surface area (Å²) in [7, 11) is 0. The predicted molar refractivity (Wildman–Crippen MR) is 65.8 cm³/mol. The number of nitrogens with one attached hydrogen (secondary N) is 1. The minimum Gasteiger partial charge on any atom is -0.365 e. The summed E-state index contributed by atoms with van der Waals surface area (Å²) in [4.78, 5) is 10.7. The van der Waals surface area contributed by atoms with Crippen LogP contribution in [0.1, 0.15) is 19.8 Å². The van der Waals surface area contributed by atoms with E-state index in [1.54, 1.807) is 12.4 Å². The van der Waals surface area contributed by atoms with Crippen LogP contribution < -0.4 is 5.32 Å². The van der Waals surface area contributed by atoms with Crippen LogP contribution in [0.25, 0.3) is 0 Å². The molecule has 1 aliphatic rings. The number of nitrogens with zero attached hydrogens (tertiary/aromatic N) is 3. The molecule has 0 aromatic carbocycles. The molecular weight excluding hydrogens is 224 g/mol. The number of likely N-dealkylation sites (tertiary alicyclic amines) is 1. The lowest BCUT2D eigenvalue weighted by atomic mass is 10.1. The molecule has 0 spiro atoms. The molecule has 5 heteroatoms. The van der Waals surface area contributed by atoms with E-state index in [1.165, 1.54) is 19.4 Å². The van der Waals surface area contributed by atoms with E-state index in [1.807, 2.05) is 0 Å². The predicted octanol–water partition coefficient (Wildman–Crippen LogP) is 2.03. The molecular formula is C11H17ClN4. The quantitative estimate of drug-likeness (QED) is 0.878. The van der Waals surface area contributed by atoms with Crippen LogP contribution in [0, 0.1) is 0 Å². The number of anilines is 1. The van der Waals surface area contributed by atoms with Gasteiger partial charge in [0, 0.05) is 12.6 Å². The average Bonchev–Trinajstić information content (AvgIpc) is 2.29. The van der Waals surface area contributed by atoms with Crippen LogP contribution in [0.2, 0.25) is 5.15 Å². The van der Waals surface area contributed by atoms with Gasteiger partial charge in [-0.2, -0.15) is 0 Å². The zero-order chi connectivity index (χ0) is 11.4. The summed E-state index contributed by atoms with van der Waals surface area (Å²) in [6.07, 6.45) is 5.69. The zero-order valence-corrected chi connectivity index (χ0v) is 10.2. The molecule has 4 nitrogen and oxygen atoms in total. The molecule has 0 saturated carbocycles. The molecule has 0 amide bonds. The second kappa shape index (κ2) is 5.46. The van der Waals surface area contributed by atoms with Crippen molar-refractivity contribution >= 4 is 17.4 Å². The normalized spacial score (nSPS) is 22.0. The van der Waals surface area contributed by atoms with E-state index in [-0.39, 0.29) is 0 Å². The minimum atomic E-state index is 0.438. The first-order valence-corrected chi connectivity index (χ1v) is 6.12. The Bertz CT molecular complexity index is 345. The van der Waals surface area contributed by atoms with E-state index < -0.39 is 0 Å². The van der Waals surface area contributed by atoms with Crippen molar-refractivity contribution < 1.29 is 0 Å². The molecule has 0 radical (unpaired) electrons. The third-order valence-corrected chi connectivity index (χ3v) is 3.09. The molecule has 1 aromatic heterocycles. The summed E-state index contributed by atoms with van der Waals surface area (Å²) in [5.41, 5.74) is 0. The van der Waals surface area contributed by atoms with Crippen molar-refractivity contribution in [2.45, 2.75) is 25.8 Å². The Kier molecular flexibility index (Phi) is 3.96. The highest BCUT2D eigenvalue weighted by molar-refractivity contribution is 6.29. The Morgan fingerprint density at radius 1 is 1.56 bits per heavy atom. The highest BCUT2D eigenvalue weighted by Gasteiger charge is 2.18. The minimum absolute atomic E-state index is 0.438. The first-order chi connectivity index (χ1) is 7.78. The molecule has 0 bridgehead atoms. The fourth-order valence-electron chi connectivity index (χ4n) is 2.08. The van der Waals surface area contributed by atoms with Crippen molar-refractivity contribution in [1.29, 1.82) is 0 Å². The van der Waals surface area contributed by atoms with Gasteiger partial charge >= 0.3 is 0 Å². The summed E-state index contributed by atoms with van der Waals surface area (Å²) in [5, 5.41) is 3.82. The first kappa shape index (κ1) is 11.6. The maximum absolute atomic E-state index is 5.79. The van der Waals surface area contributed by atoms with Crippen LogP contribution in [0.15, 0.2) is 12.4 Å². The van der Waals surface area contributed by atoms with Crippen molar-refractivity contribution in [3.63, 3.8) is 0 Å². The maximum Gasteiger partial charge on any atom is 0.149 e. The molecule has 1 N–H and O–H groups in total.